The van der Waals surface area contributed by atoms with Gasteiger partial charge >= 0.3 is 0 Å². The van der Waals surface area contributed by atoms with Crippen molar-refractivity contribution in [3.8, 4) is 11.3 Å². The first-order chi connectivity index (χ1) is 12.2. The quantitative estimate of drug-likeness (QED) is 0.803. The summed E-state index contributed by atoms with van der Waals surface area (Å²) >= 11 is 0. The van der Waals surface area contributed by atoms with E-state index < -0.39 is 0 Å². The molecule has 2 aliphatic rings. The Morgan fingerprint density at radius 2 is 1.92 bits per heavy atom. The molecule has 2 aliphatic carbocycles. The summed E-state index contributed by atoms with van der Waals surface area (Å²) < 4.78 is 0. The van der Waals surface area contributed by atoms with Gasteiger partial charge in [0.25, 0.3) is 5.56 Å². The number of fused-ring (bicyclic) bond motifs is 4. The zero-order valence-electron chi connectivity index (χ0n) is 14.5. The molecule has 132 valence electrons. The molecule has 1 fully saturated rings. The maximum absolute atomic E-state index is 13.0. The third-order valence-electron chi connectivity index (χ3n) is 5.72. The zero-order chi connectivity index (χ0) is 17.3. The standard InChI is InChI=1S/C20H25N3O2/c24-12-11-21-19-22-17-15-8-4-3-7-14(15)13-20(16(17)18(25)23-19)9-5-1-2-6-10-20/h3-4,7-8,24H,1-2,5-6,9-13H2,(H2,21,22,23,25). The molecule has 0 saturated heterocycles. The largest absolute Gasteiger partial charge is 0.395 e. The first-order valence-electron chi connectivity index (χ1n) is 9.31. The summed E-state index contributed by atoms with van der Waals surface area (Å²) in [6.07, 6.45) is 7.90. The minimum atomic E-state index is -0.0870. The van der Waals surface area contributed by atoms with Crippen molar-refractivity contribution >= 4 is 5.95 Å². The van der Waals surface area contributed by atoms with Gasteiger partial charge < -0.3 is 10.4 Å². The molecule has 4 rings (SSSR count). The predicted octanol–water partition coefficient (Wildman–Crippen LogP) is 2.99. The number of aromatic amines is 1. The Bertz CT molecular complexity index is 820. The van der Waals surface area contributed by atoms with E-state index in [2.05, 4.69) is 28.5 Å². The Balaban J connectivity index is 1.91. The Morgan fingerprint density at radius 3 is 2.68 bits per heavy atom. The molecule has 0 radical (unpaired) electrons. The van der Waals surface area contributed by atoms with Crippen LogP contribution in [0.2, 0.25) is 0 Å². The lowest BCUT2D eigenvalue weighted by Gasteiger charge is -2.38. The molecular formula is C20H25N3O2. The van der Waals surface area contributed by atoms with Gasteiger partial charge in [0.15, 0.2) is 0 Å². The van der Waals surface area contributed by atoms with Crippen molar-refractivity contribution in [1.82, 2.24) is 9.97 Å². The monoisotopic (exact) mass is 339 g/mol. The van der Waals surface area contributed by atoms with Crippen molar-refractivity contribution in [3.05, 3.63) is 45.7 Å². The fraction of sp³-hybridized carbons (Fsp3) is 0.500. The van der Waals surface area contributed by atoms with E-state index in [1.54, 1.807) is 0 Å². The number of H-pyrrole nitrogens is 1. The topological polar surface area (TPSA) is 78.0 Å². The Hall–Kier alpha value is -2.14. The molecule has 1 heterocycles. The molecule has 0 amide bonds. The molecule has 0 aliphatic heterocycles. The third kappa shape index (κ3) is 2.86. The van der Waals surface area contributed by atoms with E-state index >= 15 is 0 Å². The SMILES string of the molecule is O=c1[nH]c(NCCO)nc2c1C1(CCCCCC1)Cc1ccccc1-2. The minimum Gasteiger partial charge on any atom is -0.395 e. The molecule has 1 aromatic heterocycles. The van der Waals surface area contributed by atoms with Gasteiger partial charge in [0.05, 0.1) is 17.9 Å². The molecule has 5 nitrogen and oxygen atoms in total. The Labute approximate surface area is 147 Å². The number of anilines is 1. The van der Waals surface area contributed by atoms with E-state index in [1.807, 2.05) is 6.07 Å². The highest BCUT2D eigenvalue weighted by Gasteiger charge is 2.42. The number of aliphatic hydroxyl groups excluding tert-OH is 1. The molecule has 1 saturated carbocycles. The van der Waals surface area contributed by atoms with Crippen molar-refractivity contribution in [2.45, 2.75) is 50.4 Å². The summed E-state index contributed by atoms with van der Waals surface area (Å²) in [6.45, 7) is 0.371. The van der Waals surface area contributed by atoms with Crippen LogP contribution in [-0.2, 0) is 11.8 Å². The Morgan fingerprint density at radius 1 is 1.16 bits per heavy atom. The number of aromatic nitrogens is 2. The third-order valence-corrected chi connectivity index (χ3v) is 5.72. The van der Waals surface area contributed by atoms with Crippen LogP contribution in [0.5, 0.6) is 0 Å². The highest BCUT2D eigenvalue weighted by molar-refractivity contribution is 5.72. The Kier molecular flexibility index (Phi) is 4.34. The van der Waals surface area contributed by atoms with Crippen LogP contribution in [0.3, 0.4) is 0 Å². The molecule has 1 spiro atoms. The van der Waals surface area contributed by atoms with E-state index in [0.29, 0.717) is 12.5 Å². The van der Waals surface area contributed by atoms with E-state index in [4.69, 9.17) is 10.1 Å². The second-order valence-electron chi connectivity index (χ2n) is 7.32. The van der Waals surface area contributed by atoms with Crippen LogP contribution in [0.4, 0.5) is 5.95 Å². The molecule has 5 heteroatoms. The van der Waals surface area contributed by atoms with Crippen molar-refractivity contribution in [3.63, 3.8) is 0 Å². The summed E-state index contributed by atoms with van der Waals surface area (Å²) in [5, 5.41) is 12.0. The lowest BCUT2D eigenvalue weighted by atomic mass is 9.65. The van der Waals surface area contributed by atoms with E-state index in [-0.39, 0.29) is 17.6 Å². The van der Waals surface area contributed by atoms with Crippen LogP contribution >= 0.6 is 0 Å². The second-order valence-corrected chi connectivity index (χ2v) is 7.32. The van der Waals surface area contributed by atoms with Gasteiger partial charge in [-0.25, -0.2) is 4.98 Å². The maximum Gasteiger partial charge on any atom is 0.256 e. The number of aliphatic hydroxyl groups is 1. The molecule has 0 unspecified atom stereocenters. The molecular weight excluding hydrogens is 314 g/mol. The predicted molar refractivity (Wildman–Crippen MR) is 99.0 cm³/mol. The first-order valence-corrected chi connectivity index (χ1v) is 9.31. The van der Waals surface area contributed by atoms with Crippen LogP contribution in [0, 0.1) is 0 Å². The number of hydrogen-bond acceptors (Lipinski definition) is 4. The van der Waals surface area contributed by atoms with Gasteiger partial charge in [-0.2, -0.15) is 0 Å². The summed E-state index contributed by atoms with van der Waals surface area (Å²) in [7, 11) is 0. The van der Waals surface area contributed by atoms with Crippen LogP contribution in [0.1, 0.15) is 49.7 Å². The highest BCUT2D eigenvalue weighted by Crippen LogP contribution is 2.47. The van der Waals surface area contributed by atoms with Crippen LogP contribution in [-0.4, -0.2) is 28.2 Å². The molecule has 0 atom stereocenters. The number of rotatable bonds is 3. The lowest BCUT2D eigenvalue weighted by molar-refractivity contribution is 0.310. The molecule has 1 aromatic carbocycles. The minimum absolute atomic E-state index is 0.00131. The normalized spacial score (nSPS) is 18.3. The van der Waals surface area contributed by atoms with Crippen LogP contribution < -0.4 is 10.9 Å². The van der Waals surface area contributed by atoms with Crippen LogP contribution in [0.25, 0.3) is 11.3 Å². The number of nitrogens with one attached hydrogen (secondary N) is 2. The summed E-state index contributed by atoms with van der Waals surface area (Å²) in [5.41, 5.74) is 3.96. The lowest BCUT2D eigenvalue weighted by Crippen LogP contribution is -2.39. The van der Waals surface area contributed by atoms with Gasteiger partial charge in [0, 0.05) is 17.5 Å². The second kappa shape index (κ2) is 6.64. The fourth-order valence-corrected chi connectivity index (χ4v) is 4.61. The van der Waals surface area contributed by atoms with Crippen molar-refractivity contribution < 1.29 is 5.11 Å². The maximum atomic E-state index is 13.0. The van der Waals surface area contributed by atoms with Crippen molar-refractivity contribution in [2.75, 3.05) is 18.5 Å². The highest BCUT2D eigenvalue weighted by atomic mass is 16.3. The molecule has 2 aromatic rings. The van der Waals surface area contributed by atoms with Gasteiger partial charge in [0.2, 0.25) is 5.95 Å². The number of benzene rings is 1. The van der Waals surface area contributed by atoms with Gasteiger partial charge in [-0.1, -0.05) is 49.9 Å². The summed E-state index contributed by atoms with van der Waals surface area (Å²) in [5.74, 6) is 0.443. The first kappa shape index (κ1) is 16.3. The molecule has 3 N–H and O–H groups in total. The van der Waals surface area contributed by atoms with Gasteiger partial charge in [-0.3, -0.25) is 9.78 Å². The average Bonchev–Trinajstić information content (AvgIpc) is 2.85. The number of hydrogen-bond donors (Lipinski definition) is 3. The summed E-state index contributed by atoms with van der Waals surface area (Å²) in [4.78, 5) is 20.7. The van der Waals surface area contributed by atoms with Crippen molar-refractivity contribution in [2.24, 2.45) is 0 Å². The summed E-state index contributed by atoms with van der Waals surface area (Å²) in [6, 6.07) is 8.33. The molecule has 0 bridgehead atoms. The number of nitrogens with zero attached hydrogens (tertiary/aromatic N) is 1. The van der Waals surface area contributed by atoms with Gasteiger partial charge in [-0.05, 0) is 24.8 Å². The van der Waals surface area contributed by atoms with E-state index in [0.717, 1.165) is 36.1 Å². The van der Waals surface area contributed by atoms with Crippen LogP contribution in [0.15, 0.2) is 29.1 Å². The van der Waals surface area contributed by atoms with Gasteiger partial charge in [0.1, 0.15) is 0 Å². The average molecular weight is 339 g/mol. The fourth-order valence-electron chi connectivity index (χ4n) is 4.61. The zero-order valence-corrected chi connectivity index (χ0v) is 14.5. The van der Waals surface area contributed by atoms with E-state index in [1.165, 1.54) is 31.2 Å². The van der Waals surface area contributed by atoms with Gasteiger partial charge in [-0.15, -0.1) is 0 Å². The smallest absolute Gasteiger partial charge is 0.256 e. The molecule has 25 heavy (non-hydrogen) atoms. The van der Waals surface area contributed by atoms with Crippen molar-refractivity contribution in [1.29, 1.82) is 0 Å². The van der Waals surface area contributed by atoms with E-state index in [9.17, 15) is 4.79 Å².